The molecule has 0 spiro atoms. The van der Waals surface area contributed by atoms with E-state index in [1.807, 2.05) is 13.0 Å². The van der Waals surface area contributed by atoms with Crippen LogP contribution in [0, 0.1) is 18.8 Å². The molecule has 1 aromatic rings. The Morgan fingerprint density at radius 3 is 2.62 bits per heavy atom. The van der Waals surface area contributed by atoms with Gasteiger partial charge in [-0.05, 0) is 37.5 Å². The summed E-state index contributed by atoms with van der Waals surface area (Å²) >= 11 is 5.93. The smallest absolute Gasteiger partial charge is 0.310 e. The van der Waals surface area contributed by atoms with E-state index in [9.17, 15) is 14.7 Å². The fraction of sp³-hybridized carbons (Fsp3) is 0.467. The zero-order valence-corrected chi connectivity index (χ0v) is 12.3. The molecule has 2 fully saturated rings. The maximum Gasteiger partial charge on any atom is 0.310 e. The van der Waals surface area contributed by atoms with Crippen LogP contribution in [0.1, 0.15) is 18.4 Å². The first kappa shape index (κ1) is 14.4. The van der Waals surface area contributed by atoms with E-state index in [1.54, 1.807) is 12.1 Å². The highest BCUT2D eigenvalue weighted by Gasteiger charge is 2.55. The summed E-state index contributed by atoms with van der Waals surface area (Å²) in [5.41, 5.74) is 1.49. The zero-order chi connectivity index (χ0) is 15.1. The standard InChI is InChI=1S/C15H16ClNO4/c1-7-2-3-8(16)6-9(7)17-14(18)12-10-4-5-11(21-10)13(12)15(19)20/h2-3,6,10-13H,4-5H2,1H3,(H,17,18)(H,19,20)/t10-,11-,12-,13-/m0/s1. The lowest BCUT2D eigenvalue weighted by molar-refractivity contribution is -0.147. The maximum absolute atomic E-state index is 12.5. The second-order valence-corrected chi connectivity index (χ2v) is 6.07. The fourth-order valence-corrected chi connectivity index (χ4v) is 3.44. The van der Waals surface area contributed by atoms with Crippen molar-refractivity contribution in [2.24, 2.45) is 11.8 Å². The number of fused-ring (bicyclic) bond motifs is 2. The zero-order valence-electron chi connectivity index (χ0n) is 11.5. The number of carbonyl (C=O) groups excluding carboxylic acids is 1. The number of nitrogens with one attached hydrogen (secondary N) is 1. The Morgan fingerprint density at radius 2 is 1.95 bits per heavy atom. The van der Waals surface area contributed by atoms with Crippen LogP contribution in [-0.4, -0.2) is 29.2 Å². The number of aryl methyl sites for hydroxylation is 1. The van der Waals surface area contributed by atoms with Gasteiger partial charge >= 0.3 is 5.97 Å². The Labute approximate surface area is 127 Å². The molecule has 2 aliphatic heterocycles. The average molecular weight is 310 g/mol. The number of benzene rings is 1. The lowest BCUT2D eigenvalue weighted by Crippen LogP contribution is -2.41. The van der Waals surface area contributed by atoms with Crippen molar-refractivity contribution in [2.75, 3.05) is 5.32 Å². The monoisotopic (exact) mass is 309 g/mol. The number of ether oxygens (including phenoxy) is 1. The van der Waals surface area contributed by atoms with Gasteiger partial charge in [-0.15, -0.1) is 0 Å². The third kappa shape index (κ3) is 2.51. The van der Waals surface area contributed by atoms with Gasteiger partial charge in [-0.3, -0.25) is 9.59 Å². The van der Waals surface area contributed by atoms with E-state index < -0.39 is 17.8 Å². The van der Waals surface area contributed by atoms with Gasteiger partial charge < -0.3 is 15.2 Å². The van der Waals surface area contributed by atoms with Gasteiger partial charge in [0, 0.05) is 10.7 Å². The number of carbonyl (C=O) groups is 2. The second-order valence-electron chi connectivity index (χ2n) is 5.63. The maximum atomic E-state index is 12.5. The molecule has 2 aliphatic rings. The van der Waals surface area contributed by atoms with E-state index in [1.165, 1.54) is 0 Å². The number of carboxylic acids is 1. The van der Waals surface area contributed by atoms with Crippen LogP contribution in [0.4, 0.5) is 5.69 Å². The molecule has 6 heteroatoms. The number of amides is 1. The third-order valence-corrected chi connectivity index (χ3v) is 4.55. The van der Waals surface area contributed by atoms with Crippen molar-refractivity contribution in [1.29, 1.82) is 0 Å². The highest BCUT2D eigenvalue weighted by atomic mass is 35.5. The molecule has 3 rings (SSSR count). The molecule has 0 saturated carbocycles. The van der Waals surface area contributed by atoms with Crippen molar-refractivity contribution in [3.63, 3.8) is 0 Å². The number of halogens is 1. The lowest BCUT2D eigenvalue weighted by atomic mass is 9.78. The minimum absolute atomic E-state index is 0.296. The molecule has 2 saturated heterocycles. The van der Waals surface area contributed by atoms with Gasteiger partial charge in [0.05, 0.1) is 24.0 Å². The number of anilines is 1. The molecule has 1 aromatic carbocycles. The Hall–Kier alpha value is -1.59. The van der Waals surface area contributed by atoms with E-state index in [0.717, 1.165) is 12.0 Å². The Balaban J connectivity index is 1.81. The highest BCUT2D eigenvalue weighted by molar-refractivity contribution is 6.31. The summed E-state index contributed by atoms with van der Waals surface area (Å²) in [4.78, 5) is 23.9. The molecule has 4 atom stereocenters. The molecule has 0 aliphatic carbocycles. The predicted octanol–water partition coefficient (Wildman–Crippen LogP) is 2.47. The summed E-state index contributed by atoms with van der Waals surface area (Å²) in [5.74, 6) is -2.67. The second kappa shape index (κ2) is 5.31. The number of hydrogen-bond acceptors (Lipinski definition) is 3. The molecule has 2 N–H and O–H groups in total. The molecule has 0 unspecified atom stereocenters. The van der Waals surface area contributed by atoms with E-state index in [2.05, 4.69) is 5.32 Å². The highest BCUT2D eigenvalue weighted by Crippen LogP contribution is 2.44. The number of rotatable bonds is 3. The number of carboxylic acid groups (broad SMARTS) is 1. The van der Waals surface area contributed by atoms with Gasteiger partial charge in [0.15, 0.2) is 0 Å². The van der Waals surface area contributed by atoms with E-state index in [0.29, 0.717) is 17.1 Å². The van der Waals surface area contributed by atoms with Gasteiger partial charge in [-0.2, -0.15) is 0 Å². The molecule has 21 heavy (non-hydrogen) atoms. The normalized spacial score (nSPS) is 30.4. The van der Waals surface area contributed by atoms with Crippen molar-refractivity contribution in [2.45, 2.75) is 32.0 Å². The summed E-state index contributed by atoms with van der Waals surface area (Å²) in [6.07, 6.45) is 0.808. The molecule has 5 nitrogen and oxygen atoms in total. The fourth-order valence-electron chi connectivity index (χ4n) is 3.27. The van der Waals surface area contributed by atoms with Crippen molar-refractivity contribution in [3.05, 3.63) is 28.8 Å². The number of hydrogen-bond donors (Lipinski definition) is 2. The minimum atomic E-state index is -0.967. The number of aliphatic carboxylic acids is 1. The van der Waals surface area contributed by atoms with Crippen molar-refractivity contribution in [3.8, 4) is 0 Å². The Morgan fingerprint density at radius 1 is 1.29 bits per heavy atom. The molecule has 0 radical (unpaired) electrons. The molecule has 0 aromatic heterocycles. The summed E-state index contributed by atoms with van der Waals surface area (Å²) in [5, 5.41) is 12.7. The van der Waals surface area contributed by atoms with Crippen molar-refractivity contribution < 1.29 is 19.4 Å². The van der Waals surface area contributed by atoms with Crippen LogP contribution in [0.2, 0.25) is 5.02 Å². The summed E-state index contributed by atoms with van der Waals surface area (Å²) in [7, 11) is 0. The van der Waals surface area contributed by atoms with Gasteiger partial charge in [-0.25, -0.2) is 0 Å². The summed E-state index contributed by atoms with van der Waals surface area (Å²) < 4.78 is 5.60. The van der Waals surface area contributed by atoms with Crippen LogP contribution in [-0.2, 0) is 14.3 Å². The molecule has 112 valence electrons. The quantitative estimate of drug-likeness (QED) is 0.899. The summed E-state index contributed by atoms with van der Waals surface area (Å²) in [6, 6.07) is 5.22. The largest absolute Gasteiger partial charge is 0.481 e. The van der Waals surface area contributed by atoms with E-state index in [-0.39, 0.29) is 18.1 Å². The molecular weight excluding hydrogens is 294 g/mol. The van der Waals surface area contributed by atoms with Crippen LogP contribution in [0.25, 0.3) is 0 Å². The molecular formula is C15H16ClNO4. The van der Waals surface area contributed by atoms with Crippen LogP contribution in [0.3, 0.4) is 0 Å². The first-order chi connectivity index (χ1) is 9.97. The van der Waals surface area contributed by atoms with Gasteiger partial charge in [-0.1, -0.05) is 17.7 Å². The van der Waals surface area contributed by atoms with Crippen LogP contribution in [0.15, 0.2) is 18.2 Å². The van der Waals surface area contributed by atoms with Gasteiger partial charge in [0.2, 0.25) is 5.91 Å². The predicted molar refractivity (Wildman–Crippen MR) is 77.3 cm³/mol. The third-order valence-electron chi connectivity index (χ3n) is 4.32. The van der Waals surface area contributed by atoms with Crippen molar-refractivity contribution >= 4 is 29.2 Å². The minimum Gasteiger partial charge on any atom is -0.481 e. The SMILES string of the molecule is Cc1ccc(Cl)cc1NC(=O)[C@@H]1[C@@H](C(=O)O)[C@@H]2CC[C@@H]1O2. The van der Waals surface area contributed by atoms with Crippen LogP contribution >= 0.6 is 11.6 Å². The average Bonchev–Trinajstić information content (AvgIpc) is 3.03. The molecule has 2 bridgehead atoms. The van der Waals surface area contributed by atoms with E-state index in [4.69, 9.17) is 16.3 Å². The first-order valence-corrected chi connectivity index (χ1v) is 7.30. The topological polar surface area (TPSA) is 75.6 Å². The van der Waals surface area contributed by atoms with Crippen molar-refractivity contribution in [1.82, 2.24) is 0 Å². The van der Waals surface area contributed by atoms with Gasteiger partial charge in [0.25, 0.3) is 0 Å². The van der Waals surface area contributed by atoms with Crippen LogP contribution < -0.4 is 5.32 Å². The Bertz CT molecular complexity index is 603. The van der Waals surface area contributed by atoms with Crippen LogP contribution in [0.5, 0.6) is 0 Å². The van der Waals surface area contributed by atoms with Gasteiger partial charge in [0.1, 0.15) is 0 Å². The first-order valence-electron chi connectivity index (χ1n) is 6.92. The molecule has 2 heterocycles. The van der Waals surface area contributed by atoms with E-state index >= 15 is 0 Å². The lowest BCUT2D eigenvalue weighted by Gasteiger charge is -2.24. The summed E-state index contributed by atoms with van der Waals surface area (Å²) in [6.45, 7) is 1.86. The Kier molecular flexibility index (Phi) is 3.63. The molecule has 1 amide bonds.